The molecule has 86 valence electrons. The molecule has 0 aliphatic rings. The molecule has 0 aliphatic heterocycles. The van der Waals surface area contributed by atoms with E-state index in [4.69, 9.17) is 11.2 Å². The van der Waals surface area contributed by atoms with E-state index >= 15 is 0 Å². The van der Waals surface area contributed by atoms with Crippen molar-refractivity contribution in [1.82, 2.24) is 10.3 Å². The zero-order chi connectivity index (χ0) is 12.0. The Morgan fingerprint density at radius 2 is 2.25 bits per heavy atom. The summed E-state index contributed by atoms with van der Waals surface area (Å²) >= 11 is 0. The minimum absolute atomic E-state index is 0.277. The van der Waals surface area contributed by atoms with Crippen molar-refractivity contribution in [2.24, 2.45) is 0 Å². The third-order valence-corrected chi connectivity index (χ3v) is 2.06. The van der Waals surface area contributed by atoms with Gasteiger partial charge in [0.2, 0.25) is 0 Å². The molecule has 0 saturated heterocycles. The highest BCUT2D eigenvalue weighted by molar-refractivity contribution is 5.29. The Labute approximate surface area is 97.2 Å². The molecule has 0 aromatic carbocycles. The molecule has 0 bridgehead atoms. The van der Waals surface area contributed by atoms with E-state index in [2.05, 4.69) is 30.1 Å². The Hall–Kier alpha value is -1.53. The second kappa shape index (κ2) is 6.14. The van der Waals surface area contributed by atoms with Crippen molar-refractivity contribution in [3.63, 3.8) is 0 Å². The van der Waals surface area contributed by atoms with Crippen LogP contribution in [0.15, 0.2) is 12.1 Å². The quantitative estimate of drug-likeness (QED) is 0.766. The molecule has 1 aromatic heterocycles. The molecule has 3 nitrogen and oxygen atoms in total. The van der Waals surface area contributed by atoms with Gasteiger partial charge in [-0.15, -0.1) is 6.42 Å². The van der Waals surface area contributed by atoms with Gasteiger partial charge in [0.15, 0.2) is 0 Å². The molecule has 16 heavy (non-hydrogen) atoms. The predicted octanol–water partition coefficient (Wildman–Crippen LogP) is 1.90. The first-order chi connectivity index (χ1) is 7.63. The van der Waals surface area contributed by atoms with E-state index < -0.39 is 0 Å². The summed E-state index contributed by atoms with van der Waals surface area (Å²) in [6, 6.07) is 4.25. The van der Waals surface area contributed by atoms with Crippen molar-refractivity contribution in [2.75, 3.05) is 6.61 Å². The van der Waals surface area contributed by atoms with Crippen LogP contribution in [0.25, 0.3) is 0 Å². The maximum atomic E-state index is 5.43. The number of hydrogen-bond donors (Lipinski definition) is 1. The van der Waals surface area contributed by atoms with E-state index in [0.29, 0.717) is 12.6 Å². The van der Waals surface area contributed by atoms with Gasteiger partial charge in [0, 0.05) is 18.3 Å². The molecule has 1 N–H and O–H groups in total. The SMILES string of the molecule is C#CCOc1ccc(C)nc1CNC(C)C. The molecule has 0 saturated carbocycles. The van der Waals surface area contributed by atoms with E-state index in [9.17, 15) is 0 Å². The minimum Gasteiger partial charge on any atom is -0.479 e. The van der Waals surface area contributed by atoms with E-state index in [0.717, 1.165) is 17.1 Å². The zero-order valence-electron chi connectivity index (χ0n) is 10.1. The van der Waals surface area contributed by atoms with Gasteiger partial charge in [0.05, 0.1) is 5.69 Å². The van der Waals surface area contributed by atoms with Crippen LogP contribution in [0.4, 0.5) is 0 Å². The van der Waals surface area contributed by atoms with Crippen molar-refractivity contribution < 1.29 is 4.74 Å². The first kappa shape index (κ1) is 12.5. The molecule has 0 spiro atoms. The monoisotopic (exact) mass is 218 g/mol. The largest absolute Gasteiger partial charge is 0.479 e. The molecular formula is C13H18N2O. The molecule has 0 atom stereocenters. The average molecular weight is 218 g/mol. The zero-order valence-corrected chi connectivity index (χ0v) is 10.1. The fourth-order valence-corrected chi connectivity index (χ4v) is 1.28. The van der Waals surface area contributed by atoms with Crippen LogP contribution < -0.4 is 10.1 Å². The van der Waals surface area contributed by atoms with E-state index in [-0.39, 0.29) is 6.61 Å². The number of hydrogen-bond acceptors (Lipinski definition) is 3. The van der Waals surface area contributed by atoms with E-state index in [1.165, 1.54) is 0 Å². The number of aryl methyl sites for hydroxylation is 1. The highest BCUT2D eigenvalue weighted by Gasteiger charge is 2.06. The lowest BCUT2D eigenvalue weighted by atomic mass is 10.2. The lowest BCUT2D eigenvalue weighted by molar-refractivity contribution is 0.361. The molecule has 0 fully saturated rings. The van der Waals surface area contributed by atoms with Crippen molar-refractivity contribution in [1.29, 1.82) is 0 Å². The summed E-state index contributed by atoms with van der Waals surface area (Å²) < 4.78 is 5.43. The van der Waals surface area contributed by atoms with Gasteiger partial charge >= 0.3 is 0 Å². The molecule has 1 rings (SSSR count). The first-order valence-electron chi connectivity index (χ1n) is 5.39. The van der Waals surface area contributed by atoms with Crippen LogP contribution in [0.2, 0.25) is 0 Å². The van der Waals surface area contributed by atoms with Crippen LogP contribution in [0.3, 0.4) is 0 Å². The van der Waals surface area contributed by atoms with Gasteiger partial charge in [-0.1, -0.05) is 19.8 Å². The topological polar surface area (TPSA) is 34.1 Å². The molecule has 0 unspecified atom stereocenters. The van der Waals surface area contributed by atoms with Gasteiger partial charge in [-0.2, -0.15) is 0 Å². The van der Waals surface area contributed by atoms with Crippen LogP contribution in [-0.2, 0) is 6.54 Å². The van der Waals surface area contributed by atoms with Gasteiger partial charge in [-0.05, 0) is 19.1 Å². The lowest BCUT2D eigenvalue weighted by Gasteiger charge is -2.12. The number of pyridine rings is 1. The third kappa shape index (κ3) is 3.92. The van der Waals surface area contributed by atoms with Crippen molar-refractivity contribution in [3.8, 4) is 18.1 Å². The molecular weight excluding hydrogens is 200 g/mol. The summed E-state index contributed by atoms with van der Waals surface area (Å²) in [5, 5.41) is 3.31. The maximum Gasteiger partial charge on any atom is 0.148 e. The normalized spacial score (nSPS) is 10.2. The van der Waals surface area contributed by atoms with Crippen molar-refractivity contribution in [3.05, 3.63) is 23.5 Å². The highest BCUT2D eigenvalue weighted by atomic mass is 16.5. The third-order valence-electron chi connectivity index (χ3n) is 2.06. The lowest BCUT2D eigenvalue weighted by Crippen LogP contribution is -2.23. The number of aromatic nitrogens is 1. The molecule has 0 aliphatic carbocycles. The molecule has 0 radical (unpaired) electrons. The summed E-state index contributed by atoms with van der Waals surface area (Å²) in [5.74, 6) is 3.21. The van der Waals surface area contributed by atoms with Crippen molar-refractivity contribution in [2.45, 2.75) is 33.4 Å². The Balaban J connectivity index is 2.77. The fourth-order valence-electron chi connectivity index (χ4n) is 1.28. The van der Waals surface area contributed by atoms with Crippen LogP contribution >= 0.6 is 0 Å². The van der Waals surface area contributed by atoms with Gasteiger partial charge in [-0.25, -0.2) is 0 Å². The number of ether oxygens (including phenoxy) is 1. The number of nitrogens with one attached hydrogen (secondary N) is 1. The second-order valence-electron chi connectivity index (χ2n) is 3.93. The minimum atomic E-state index is 0.277. The Kier molecular flexibility index (Phi) is 4.81. The smallest absolute Gasteiger partial charge is 0.148 e. The first-order valence-corrected chi connectivity index (χ1v) is 5.39. The standard InChI is InChI=1S/C13H18N2O/c1-5-8-16-13-7-6-11(4)15-12(13)9-14-10(2)3/h1,6-7,10,14H,8-9H2,2-4H3. The van der Waals surface area contributed by atoms with Crippen LogP contribution in [0, 0.1) is 19.3 Å². The number of rotatable bonds is 5. The Morgan fingerprint density at radius 3 is 2.88 bits per heavy atom. The van der Waals surface area contributed by atoms with Gasteiger partial charge in [-0.3, -0.25) is 4.98 Å². The van der Waals surface area contributed by atoms with Gasteiger partial charge < -0.3 is 10.1 Å². The van der Waals surface area contributed by atoms with Crippen LogP contribution in [0.1, 0.15) is 25.2 Å². The second-order valence-corrected chi connectivity index (χ2v) is 3.93. The summed E-state index contributed by atoms with van der Waals surface area (Å²) in [7, 11) is 0. The number of nitrogens with zero attached hydrogens (tertiary/aromatic N) is 1. The van der Waals surface area contributed by atoms with Crippen LogP contribution in [0.5, 0.6) is 5.75 Å². The fraction of sp³-hybridized carbons (Fsp3) is 0.462. The molecule has 0 amide bonds. The molecule has 3 heteroatoms. The average Bonchev–Trinajstić information content (AvgIpc) is 2.25. The molecule has 1 heterocycles. The Bertz CT molecular complexity index is 380. The Morgan fingerprint density at radius 1 is 1.50 bits per heavy atom. The predicted molar refractivity (Wildman–Crippen MR) is 65.3 cm³/mol. The van der Waals surface area contributed by atoms with Crippen LogP contribution in [-0.4, -0.2) is 17.6 Å². The molecule has 1 aromatic rings. The van der Waals surface area contributed by atoms with Crippen molar-refractivity contribution >= 4 is 0 Å². The summed E-state index contributed by atoms with van der Waals surface area (Å²) in [6.45, 7) is 7.12. The highest BCUT2D eigenvalue weighted by Crippen LogP contribution is 2.16. The van der Waals surface area contributed by atoms with E-state index in [1.807, 2.05) is 19.1 Å². The summed E-state index contributed by atoms with van der Waals surface area (Å²) in [4.78, 5) is 4.44. The summed E-state index contributed by atoms with van der Waals surface area (Å²) in [5.41, 5.74) is 1.89. The van der Waals surface area contributed by atoms with E-state index in [1.54, 1.807) is 0 Å². The van der Waals surface area contributed by atoms with Gasteiger partial charge in [0.25, 0.3) is 0 Å². The number of terminal acetylenes is 1. The summed E-state index contributed by atoms with van der Waals surface area (Å²) in [6.07, 6.45) is 5.17. The maximum absolute atomic E-state index is 5.43. The van der Waals surface area contributed by atoms with Gasteiger partial charge in [0.1, 0.15) is 12.4 Å².